The number of benzene rings is 1. The van der Waals surface area contributed by atoms with Crippen LogP contribution >= 0.6 is 0 Å². The van der Waals surface area contributed by atoms with Gasteiger partial charge in [-0.05, 0) is 24.6 Å². The Morgan fingerprint density at radius 3 is 3.00 bits per heavy atom. The van der Waals surface area contributed by atoms with Gasteiger partial charge in [-0.15, -0.1) is 0 Å². The van der Waals surface area contributed by atoms with Crippen LogP contribution in [0.2, 0.25) is 0 Å². The maximum atomic E-state index is 11.9. The highest BCUT2D eigenvalue weighted by molar-refractivity contribution is 5.93. The molecule has 1 amide bonds. The maximum Gasteiger partial charge on any atom is 0.224 e. The number of fused-ring (bicyclic) bond motifs is 1. The average Bonchev–Trinajstić information content (AvgIpc) is 2.81. The molecule has 0 saturated carbocycles. The summed E-state index contributed by atoms with van der Waals surface area (Å²) in [6, 6.07) is 5.75. The number of H-pyrrole nitrogens is 1. The first-order valence-electron chi connectivity index (χ1n) is 6.28. The summed E-state index contributed by atoms with van der Waals surface area (Å²) in [7, 11) is 1.63. The van der Waals surface area contributed by atoms with Gasteiger partial charge >= 0.3 is 0 Å². The number of carbonyl (C=O) groups excluding carboxylic acids is 1. The number of rotatable bonds is 5. The predicted octanol–water partition coefficient (Wildman–Crippen LogP) is 1.18. The summed E-state index contributed by atoms with van der Waals surface area (Å²) in [6.07, 6.45) is 2.16. The Labute approximate surface area is 112 Å². The molecule has 0 aliphatic carbocycles. The van der Waals surface area contributed by atoms with Crippen LogP contribution in [0.5, 0.6) is 5.75 Å². The number of ether oxygens (including phenoxy) is 1. The lowest BCUT2D eigenvalue weighted by Crippen LogP contribution is -2.38. The normalized spacial score (nSPS) is 12.4. The number of amides is 1. The van der Waals surface area contributed by atoms with Crippen molar-refractivity contribution >= 4 is 16.8 Å². The van der Waals surface area contributed by atoms with Gasteiger partial charge in [-0.25, -0.2) is 0 Å². The second-order valence-electron chi connectivity index (χ2n) is 4.58. The molecule has 0 bridgehead atoms. The zero-order chi connectivity index (χ0) is 13.8. The van der Waals surface area contributed by atoms with Crippen molar-refractivity contribution in [3.8, 4) is 5.75 Å². The van der Waals surface area contributed by atoms with Crippen molar-refractivity contribution in [3.63, 3.8) is 0 Å². The Bertz CT molecular complexity index is 577. The van der Waals surface area contributed by atoms with Crippen LogP contribution in [0.3, 0.4) is 0 Å². The fourth-order valence-corrected chi connectivity index (χ4v) is 2.09. The third kappa shape index (κ3) is 2.88. The fourth-order valence-electron chi connectivity index (χ4n) is 2.09. The van der Waals surface area contributed by atoms with Crippen molar-refractivity contribution in [2.45, 2.75) is 19.4 Å². The third-order valence-corrected chi connectivity index (χ3v) is 3.08. The minimum Gasteiger partial charge on any atom is -0.496 e. The summed E-state index contributed by atoms with van der Waals surface area (Å²) in [6.45, 7) is 2.32. The number of aromatic amines is 1. The quantitative estimate of drug-likeness (QED) is 0.756. The van der Waals surface area contributed by atoms with Crippen LogP contribution in [0.1, 0.15) is 12.5 Å². The van der Waals surface area contributed by atoms with E-state index in [1.54, 1.807) is 7.11 Å². The molecule has 1 aromatic heterocycles. The molecule has 102 valence electrons. The van der Waals surface area contributed by atoms with E-state index in [-0.39, 0.29) is 11.9 Å². The van der Waals surface area contributed by atoms with E-state index in [1.165, 1.54) is 0 Å². The van der Waals surface area contributed by atoms with E-state index in [4.69, 9.17) is 10.5 Å². The van der Waals surface area contributed by atoms with Gasteiger partial charge in [0, 0.05) is 29.7 Å². The molecule has 0 aliphatic heterocycles. The van der Waals surface area contributed by atoms with E-state index in [0.29, 0.717) is 13.0 Å². The lowest BCUT2D eigenvalue weighted by atomic mass is 10.1. The second-order valence-corrected chi connectivity index (χ2v) is 4.58. The Kier molecular flexibility index (Phi) is 4.06. The van der Waals surface area contributed by atoms with Gasteiger partial charge in [-0.2, -0.15) is 0 Å². The van der Waals surface area contributed by atoms with E-state index < -0.39 is 0 Å². The first-order valence-corrected chi connectivity index (χ1v) is 6.28. The van der Waals surface area contributed by atoms with Crippen LogP contribution in [0.15, 0.2) is 24.4 Å². The lowest BCUT2D eigenvalue weighted by molar-refractivity contribution is -0.120. The van der Waals surface area contributed by atoms with Crippen molar-refractivity contribution in [1.82, 2.24) is 10.3 Å². The topological polar surface area (TPSA) is 80.1 Å². The monoisotopic (exact) mass is 261 g/mol. The van der Waals surface area contributed by atoms with Crippen molar-refractivity contribution in [3.05, 3.63) is 30.0 Å². The summed E-state index contributed by atoms with van der Waals surface area (Å²) in [4.78, 5) is 15.1. The fraction of sp³-hybridized carbons (Fsp3) is 0.357. The molecule has 2 aromatic rings. The minimum absolute atomic E-state index is 0.0143. The molecule has 2 rings (SSSR count). The smallest absolute Gasteiger partial charge is 0.224 e. The number of carbonyl (C=O) groups is 1. The average molecular weight is 261 g/mol. The molecule has 4 N–H and O–H groups in total. The highest BCUT2D eigenvalue weighted by Gasteiger charge is 2.13. The van der Waals surface area contributed by atoms with Crippen LogP contribution < -0.4 is 15.8 Å². The lowest BCUT2D eigenvalue weighted by Gasteiger charge is -2.11. The summed E-state index contributed by atoms with van der Waals surface area (Å²) in [5.41, 5.74) is 7.38. The van der Waals surface area contributed by atoms with Crippen LogP contribution in [0.4, 0.5) is 0 Å². The van der Waals surface area contributed by atoms with E-state index in [1.807, 2.05) is 31.3 Å². The van der Waals surface area contributed by atoms with Crippen LogP contribution in [-0.2, 0) is 11.2 Å². The molecule has 0 saturated heterocycles. The van der Waals surface area contributed by atoms with E-state index in [9.17, 15) is 4.79 Å². The molecule has 19 heavy (non-hydrogen) atoms. The number of nitrogens with two attached hydrogens (primary N) is 1. The SMILES string of the molecule is COc1cccc2[nH]cc(CC(=O)NC(C)CN)c12. The number of aromatic nitrogens is 1. The molecule has 0 radical (unpaired) electrons. The van der Waals surface area contributed by atoms with Crippen molar-refractivity contribution in [2.24, 2.45) is 5.73 Å². The molecule has 5 nitrogen and oxygen atoms in total. The molecule has 1 heterocycles. The largest absolute Gasteiger partial charge is 0.496 e. The van der Waals surface area contributed by atoms with Crippen LogP contribution in [0.25, 0.3) is 10.9 Å². The minimum atomic E-state index is -0.0373. The zero-order valence-electron chi connectivity index (χ0n) is 11.2. The van der Waals surface area contributed by atoms with Gasteiger partial charge < -0.3 is 20.8 Å². The molecule has 1 unspecified atom stereocenters. The molecule has 5 heteroatoms. The van der Waals surface area contributed by atoms with Gasteiger partial charge in [0.2, 0.25) is 5.91 Å². The Morgan fingerprint density at radius 2 is 2.32 bits per heavy atom. The van der Waals surface area contributed by atoms with Crippen LogP contribution in [-0.4, -0.2) is 30.6 Å². The molecule has 0 fully saturated rings. The molecule has 1 aromatic carbocycles. The predicted molar refractivity (Wildman–Crippen MR) is 75.2 cm³/mol. The van der Waals surface area contributed by atoms with Gasteiger partial charge in [-0.1, -0.05) is 6.07 Å². The van der Waals surface area contributed by atoms with E-state index in [2.05, 4.69) is 10.3 Å². The zero-order valence-corrected chi connectivity index (χ0v) is 11.2. The third-order valence-electron chi connectivity index (χ3n) is 3.08. The number of methoxy groups -OCH3 is 1. The van der Waals surface area contributed by atoms with Gasteiger partial charge in [-0.3, -0.25) is 4.79 Å². The van der Waals surface area contributed by atoms with E-state index >= 15 is 0 Å². The summed E-state index contributed by atoms with van der Waals surface area (Å²) < 4.78 is 5.34. The molecule has 0 spiro atoms. The number of hydrogen-bond donors (Lipinski definition) is 3. The van der Waals surface area contributed by atoms with Crippen molar-refractivity contribution < 1.29 is 9.53 Å². The highest BCUT2D eigenvalue weighted by Crippen LogP contribution is 2.28. The number of nitrogens with one attached hydrogen (secondary N) is 2. The number of hydrogen-bond acceptors (Lipinski definition) is 3. The maximum absolute atomic E-state index is 11.9. The van der Waals surface area contributed by atoms with Crippen molar-refractivity contribution in [1.29, 1.82) is 0 Å². The molecule has 0 aliphatic rings. The van der Waals surface area contributed by atoms with Gasteiger partial charge in [0.05, 0.1) is 13.5 Å². The summed E-state index contributed by atoms with van der Waals surface area (Å²) in [5, 5.41) is 3.81. The highest BCUT2D eigenvalue weighted by atomic mass is 16.5. The summed E-state index contributed by atoms with van der Waals surface area (Å²) >= 11 is 0. The molecular weight excluding hydrogens is 242 g/mol. The van der Waals surface area contributed by atoms with Crippen LogP contribution in [0, 0.1) is 0 Å². The van der Waals surface area contributed by atoms with E-state index in [0.717, 1.165) is 22.2 Å². The van der Waals surface area contributed by atoms with Gasteiger partial charge in [0.25, 0.3) is 0 Å². The Morgan fingerprint density at radius 1 is 1.53 bits per heavy atom. The Hall–Kier alpha value is -2.01. The first-order chi connectivity index (χ1) is 9.15. The van der Waals surface area contributed by atoms with Crippen molar-refractivity contribution in [2.75, 3.05) is 13.7 Å². The second kappa shape index (κ2) is 5.75. The first kappa shape index (κ1) is 13.4. The Balaban J connectivity index is 2.23. The summed E-state index contributed by atoms with van der Waals surface area (Å²) in [5.74, 6) is 0.734. The van der Waals surface area contributed by atoms with Gasteiger partial charge in [0.1, 0.15) is 5.75 Å². The molecule has 1 atom stereocenters. The standard InChI is InChI=1S/C14H19N3O2/c1-9(7-15)17-13(18)6-10-8-16-11-4-3-5-12(19-2)14(10)11/h3-5,8-9,16H,6-7,15H2,1-2H3,(H,17,18). The molecular formula is C14H19N3O2. The van der Waals surface area contributed by atoms with Gasteiger partial charge in [0.15, 0.2) is 0 Å².